The van der Waals surface area contributed by atoms with E-state index in [4.69, 9.17) is 4.99 Å². The van der Waals surface area contributed by atoms with Gasteiger partial charge in [0, 0.05) is 38.3 Å². The molecular weight excluding hydrogens is 248 g/mol. The lowest BCUT2D eigenvalue weighted by atomic mass is 9.97. The van der Waals surface area contributed by atoms with Crippen molar-refractivity contribution in [1.82, 2.24) is 15.5 Å². The molecule has 4 nitrogen and oxygen atoms in total. The first-order valence-electron chi connectivity index (χ1n) is 8.18. The van der Waals surface area contributed by atoms with E-state index in [0.717, 1.165) is 25.1 Å². The minimum Gasteiger partial charge on any atom is -0.357 e. The molecule has 116 valence electrons. The molecule has 0 radical (unpaired) electrons. The second-order valence-corrected chi connectivity index (χ2v) is 7.67. The van der Waals surface area contributed by atoms with Crippen molar-refractivity contribution >= 4 is 5.96 Å². The van der Waals surface area contributed by atoms with Gasteiger partial charge in [-0.3, -0.25) is 9.89 Å². The summed E-state index contributed by atoms with van der Waals surface area (Å²) in [5.74, 6) is 1.69. The standard InChI is InChI=1S/C16H32N4/c1-6-17-15(18-11-16(3,4)5)19-14-10-20(9-12(14)2)13-7-8-13/h12-14H,6-11H2,1-5H3,(H2,17,18,19). The van der Waals surface area contributed by atoms with Crippen LogP contribution in [0.1, 0.15) is 47.5 Å². The topological polar surface area (TPSA) is 39.7 Å². The quantitative estimate of drug-likeness (QED) is 0.612. The third-order valence-electron chi connectivity index (χ3n) is 4.08. The van der Waals surface area contributed by atoms with Crippen molar-refractivity contribution in [2.24, 2.45) is 16.3 Å². The average molecular weight is 280 g/mol. The van der Waals surface area contributed by atoms with Crippen molar-refractivity contribution in [2.75, 3.05) is 26.2 Å². The van der Waals surface area contributed by atoms with E-state index in [-0.39, 0.29) is 5.41 Å². The molecule has 2 aliphatic rings. The molecule has 2 atom stereocenters. The number of rotatable bonds is 4. The highest BCUT2D eigenvalue weighted by Crippen LogP contribution is 2.31. The number of likely N-dealkylation sites (tertiary alicyclic amines) is 1. The minimum atomic E-state index is 0.240. The van der Waals surface area contributed by atoms with E-state index in [1.807, 2.05) is 0 Å². The largest absolute Gasteiger partial charge is 0.357 e. The molecule has 1 saturated heterocycles. The van der Waals surface area contributed by atoms with Crippen LogP contribution in [0.15, 0.2) is 4.99 Å². The number of nitrogens with one attached hydrogen (secondary N) is 2. The third-order valence-corrected chi connectivity index (χ3v) is 4.08. The van der Waals surface area contributed by atoms with Crippen LogP contribution in [0.2, 0.25) is 0 Å². The summed E-state index contributed by atoms with van der Waals surface area (Å²) in [6, 6.07) is 1.41. The Morgan fingerprint density at radius 3 is 2.50 bits per heavy atom. The zero-order valence-corrected chi connectivity index (χ0v) is 13.9. The summed E-state index contributed by atoms with van der Waals surface area (Å²) in [6.45, 7) is 15.4. The first kappa shape index (κ1) is 15.6. The molecule has 2 fully saturated rings. The molecule has 0 spiro atoms. The number of aliphatic imine (C=N–C) groups is 1. The van der Waals surface area contributed by atoms with Crippen molar-refractivity contribution in [3.8, 4) is 0 Å². The first-order chi connectivity index (χ1) is 9.39. The zero-order chi connectivity index (χ0) is 14.8. The Balaban J connectivity index is 1.90. The molecule has 4 heteroatoms. The average Bonchev–Trinajstić information content (AvgIpc) is 3.12. The highest BCUT2D eigenvalue weighted by Gasteiger charge is 2.38. The highest BCUT2D eigenvalue weighted by atomic mass is 15.3. The van der Waals surface area contributed by atoms with Crippen molar-refractivity contribution in [2.45, 2.75) is 59.5 Å². The predicted molar refractivity (Wildman–Crippen MR) is 86.1 cm³/mol. The normalized spacial score (nSPS) is 28.8. The molecule has 0 aromatic rings. The van der Waals surface area contributed by atoms with Crippen LogP contribution < -0.4 is 10.6 Å². The summed E-state index contributed by atoms with van der Waals surface area (Å²) >= 11 is 0. The van der Waals surface area contributed by atoms with Crippen molar-refractivity contribution in [1.29, 1.82) is 0 Å². The molecule has 20 heavy (non-hydrogen) atoms. The lowest BCUT2D eigenvalue weighted by Crippen LogP contribution is -2.47. The molecule has 1 aliphatic carbocycles. The van der Waals surface area contributed by atoms with Gasteiger partial charge in [0.2, 0.25) is 0 Å². The second kappa shape index (κ2) is 6.33. The van der Waals surface area contributed by atoms with E-state index in [0.29, 0.717) is 12.0 Å². The summed E-state index contributed by atoms with van der Waals surface area (Å²) in [4.78, 5) is 7.39. The first-order valence-corrected chi connectivity index (χ1v) is 8.18. The van der Waals surface area contributed by atoms with Gasteiger partial charge in [-0.15, -0.1) is 0 Å². The van der Waals surface area contributed by atoms with Gasteiger partial charge < -0.3 is 10.6 Å². The van der Waals surface area contributed by atoms with Crippen LogP contribution in [-0.2, 0) is 0 Å². The maximum atomic E-state index is 4.74. The summed E-state index contributed by atoms with van der Waals surface area (Å²) < 4.78 is 0. The van der Waals surface area contributed by atoms with Crippen LogP contribution in [0.4, 0.5) is 0 Å². The smallest absolute Gasteiger partial charge is 0.191 e. The summed E-state index contributed by atoms with van der Waals surface area (Å²) in [7, 11) is 0. The SMILES string of the molecule is CCNC(=NCC(C)(C)C)NC1CN(C2CC2)CC1C. The van der Waals surface area contributed by atoms with Gasteiger partial charge >= 0.3 is 0 Å². The Labute approximate surface area is 124 Å². The van der Waals surface area contributed by atoms with Gasteiger partial charge in [-0.2, -0.15) is 0 Å². The Morgan fingerprint density at radius 2 is 1.95 bits per heavy atom. The van der Waals surface area contributed by atoms with Gasteiger partial charge in [0.15, 0.2) is 5.96 Å². The Kier molecular flexibility index (Phi) is 4.95. The molecule has 0 aromatic heterocycles. The van der Waals surface area contributed by atoms with Gasteiger partial charge in [-0.05, 0) is 31.1 Å². The van der Waals surface area contributed by atoms with Crippen LogP contribution in [0, 0.1) is 11.3 Å². The zero-order valence-electron chi connectivity index (χ0n) is 13.9. The molecule has 1 aliphatic heterocycles. The fourth-order valence-electron chi connectivity index (χ4n) is 2.74. The van der Waals surface area contributed by atoms with Gasteiger partial charge in [-0.1, -0.05) is 27.7 Å². The van der Waals surface area contributed by atoms with Crippen molar-refractivity contribution in [3.05, 3.63) is 0 Å². The second-order valence-electron chi connectivity index (χ2n) is 7.67. The summed E-state index contributed by atoms with van der Waals surface area (Å²) in [5, 5.41) is 7.03. The molecule has 0 amide bonds. The maximum Gasteiger partial charge on any atom is 0.191 e. The summed E-state index contributed by atoms with van der Waals surface area (Å²) in [6.07, 6.45) is 2.80. The lowest BCUT2D eigenvalue weighted by molar-refractivity contribution is 0.315. The molecule has 1 heterocycles. The van der Waals surface area contributed by atoms with Gasteiger partial charge in [-0.25, -0.2) is 0 Å². The fraction of sp³-hybridized carbons (Fsp3) is 0.938. The van der Waals surface area contributed by atoms with Crippen LogP contribution in [0.5, 0.6) is 0 Å². The monoisotopic (exact) mass is 280 g/mol. The van der Waals surface area contributed by atoms with Crippen LogP contribution in [-0.4, -0.2) is 49.1 Å². The molecule has 2 rings (SSSR count). The van der Waals surface area contributed by atoms with E-state index < -0.39 is 0 Å². The molecule has 1 saturated carbocycles. The Hall–Kier alpha value is -0.770. The lowest BCUT2D eigenvalue weighted by Gasteiger charge is -2.22. The van der Waals surface area contributed by atoms with E-state index in [9.17, 15) is 0 Å². The van der Waals surface area contributed by atoms with Crippen LogP contribution >= 0.6 is 0 Å². The number of guanidine groups is 1. The minimum absolute atomic E-state index is 0.240. The Bertz CT molecular complexity index is 341. The van der Waals surface area contributed by atoms with Crippen LogP contribution in [0.3, 0.4) is 0 Å². The number of hydrogen-bond acceptors (Lipinski definition) is 2. The van der Waals surface area contributed by atoms with E-state index in [2.05, 4.69) is 50.2 Å². The van der Waals surface area contributed by atoms with E-state index >= 15 is 0 Å². The molecule has 2 unspecified atom stereocenters. The number of nitrogens with zero attached hydrogens (tertiary/aromatic N) is 2. The van der Waals surface area contributed by atoms with Crippen molar-refractivity contribution < 1.29 is 0 Å². The molecular formula is C16H32N4. The highest BCUT2D eigenvalue weighted by molar-refractivity contribution is 5.80. The van der Waals surface area contributed by atoms with Gasteiger partial charge in [0.1, 0.15) is 0 Å². The molecule has 0 aromatic carbocycles. The van der Waals surface area contributed by atoms with Crippen molar-refractivity contribution in [3.63, 3.8) is 0 Å². The van der Waals surface area contributed by atoms with E-state index in [1.165, 1.54) is 25.9 Å². The molecule has 2 N–H and O–H groups in total. The van der Waals surface area contributed by atoms with Crippen LogP contribution in [0.25, 0.3) is 0 Å². The third kappa shape index (κ3) is 4.65. The van der Waals surface area contributed by atoms with E-state index in [1.54, 1.807) is 0 Å². The predicted octanol–water partition coefficient (Wildman–Crippen LogP) is 2.07. The summed E-state index contributed by atoms with van der Waals surface area (Å²) in [5.41, 5.74) is 0.240. The molecule has 0 bridgehead atoms. The van der Waals surface area contributed by atoms with Gasteiger partial charge in [0.25, 0.3) is 0 Å². The Morgan fingerprint density at radius 1 is 1.25 bits per heavy atom. The maximum absolute atomic E-state index is 4.74. The fourth-order valence-corrected chi connectivity index (χ4v) is 2.74. The van der Waals surface area contributed by atoms with Gasteiger partial charge in [0.05, 0.1) is 0 Å². The number of hydrogen-bond donors (Lipinski definition) is 2.